The van der Waals surface area contributed by atoms with Crippen LogP contribution in [0.15, 0.2) is 48.6 Å². The van der Waals surface area contributed by atoms with Gasteiger partial charge in [0.1, 0.15) is 5.25 Å². The van der Waals surface area contributed by atoms with Crippen LogP contribution in [0.2, 0.25) is 0 Å². The molecule has 5 nitrogen and oxygen atoms in total. The number of carbonyl (C=O) groups excluding carboxylic acids is 2. The summed E-state index contributed by atoms with van der Waals surface area (Å²) in [6.07, 6.45) is 46.9. The highest BCUT2D eigenvalue weighted by Gasteiger charge is 2.24. The number of hydrogen-bond acceptors (Lipinski definition) is 6. The summed E-state index contributed by atoms with van der Waals surface area (Å²) in [6, 6.07) is 0. The summed E-state index contributed by atoms with van der Waals surface area (Å²) < 4.78 is 11.1. The lowest BCUT2D eigenvalue weighted by molar-refractivity contribution is -0.149. The van der Waals surface area contributed by atoms with E-state index in [1.54, 1.807) is 0 Å². The molecule has 50 heavy (non-hydrogen) atoms. The van der Waals surface area contributed by atoms with Gasteiger partial charge in [0, 0.05) is 12.3 Å². The van der Waals surface area contributed by atoms with Crippen molar-refractivity contribution in [2.24, 2.45) is 0 Å². The molecular weight excluding hydrogens is 639 g/mol. The van der Waals surface area contributed by atoms with Crippen LogP contribution in [0.25, 0.3) is 0 Å². The summed E-state index contributed by atoms with van der Waals surface area (Å²) in [7, 11) is 4.03. The Labute approximate surface area is 314 Å². The van der Waals surface area contributed by atoms with Crippen molar-refractivity contribution in [2.75, 3.05) is 39.6 Å². The summed E-state index contributed by atoms with van der Waals surface area (Å²) in [5.41, 5.74) is 0. The van der Waals surface area contributed by atoms with Crippen LogP contribution in [0, 0.1) is 0 Å². The van der Waals surface area contributed by atoms with Crippen LogP contribution in [0.3, 0.4) is 0 Å². The van der Waals surface area contributed by atoms with Gasteiger partial charge in [-0.2, -0.15) is 0 Å². The Morgan fingerprint density at radius 2 is 0.940 bits per heavy atom. The first kappa shape index (κ1) is 48.2. The van der Waals surface area contributed by atoms with Gasteiger partial charge < -0.3 is 14.4 Å². The molecule has 0 spiro atoms. The van der Waals surface area contributed by atoms with Crippen molar-refractivity contribution >= 4 is 23.7 Å². The number of rotatable bonds is 37. The third-order valence-corrected chi connectivity index (χ3v) is 9.85. The van der Waals surface area contributed by atoms with Gasteiger partial charge in [-0.25, -0.2) is 0 Å². The molecule has 0 aromatic rings. The fraction of sp³-hybridized carbons (Fsp3) is 0.773. The molecule has 0 rings (SSSR count). The first-order valence-corrected chi connectivity index (χ1v) is 21.7. The zero-order chi connectivity index (χ0) is 36.6. The minimum Gasteiger partial charge on any atom is -0.466 e. The Morgan fingerprint density at radius 3 is 1.38 bits per heavy atom. The predicted octanol–water partition coefficient (Wildman–Crippen LogP) is 12.8. The molecular formula is C44H79NO4S. The SMILES string of the molecule is CCCCC/C=C\C/C=C\CCCCCCCCOC(=O)CC(SCCN(C)C)C(=O)OCCCCCCCC/C=C\C/C=C\CCCCC. The van der Waals surface area contributed by atoms with E-state index in [1.807, 2.05) is 14.1 Å². The second kappa shape index (κ2) is 40.0. The smallest absolute Gasteiger partial charge is 0.319 e. The molecule has 0 saturated heterocycles. The summed E-state index contributed by atoms with van der Waals surface area (Å²) in [5.74, 6) is 0.208. The van der Waals surface area contributed by atoms with Gasteiger partial charge in [0.05, 0.1) is 19.6 Å². The molecule has 0 bridgehead atoms. The maximum atomic E-state index is 12.9. The van der Waals surface area contributed by atoms with Gasteiger partial charge in [-0.05, 0) is 91.1 Å². The van der Waals surface area contributed by atoms with Crippen LogP contribution in [0.4, 0.5) is 0 Å². The third kappa shape index (κ3) is 37.5. The molecule has 0 heterocycles. The van der Waals surface area contributed by atoms with E-state index in [4.69, 9.17) is 9.47 Å². The van der Waals surface area contributed by atoms with E-state index in [2.05, 4.69) is 67.4 Å². The quantitative estimate of drug-likeness (QED) is 0.0362. The molecule has 6 heteroatoms. The number of esters is 2. The fourth-order valence-corrected chi connectivity index (χ4v) is 6.64. The average molecular weight is 718 g/mol. The van der Waals surface area contributed by atoms with Gasteiger partial charge in [0.25, 0.3) is 0 Å². The number of hydrogen-bond donors (Lipinski definition) is 0. The molecule has 290 valence electrons. The minimum atomic E-state index is -0.497. The first-order valence-electron chi connectivity index (χ1n) is 20.7. The number of allylic oxidation sites excluding steroid dienone is 8. The van der Waals surface area contributed by atoms with Crippen LogP contribution in [0.1, 0.15) is 174 Å². The summed E-state index contributed by atoms with van der Waals surface area (Å²) in [6.45, 7) is 6.21. The van der Waals surface area contributed by atoms with Crippen molar-refractivity contribution in [2.45, 2.75) is 180 Å². The van der Waals surface area contributed by atoms with E-state index in [0.29, 0.717) is 13.2 Å². The molecule has 0 aromatic heterocycles. The van der Waals surface area contributed by atoms with Crippen molar-refractivity contribution in [1.82, 2.24) is 4.90 Å². The van der Waals surface area contributed by atoms with Crippen molar-refractivity contribution in [3.8, 4) is 0 Å². The maximum absolute atomic E-state index is 12.9. The second-order valence-corrected chi connectivity index (χ2v) is 15.2. The lowest BCUT2D eigenvalue weighted by atomic mass is 10.1. The molecule has 0 aliphatic carbocycles. The highest BCUT2D eigenvalue weighted by atomic mass is 32.2. The van der Waals surface area contributed by atoms with Gasteiger partial charge in [-0.15, -0.1) is 11.8 Å². The van der Waals surface area contributed by atoms with Gasteiger partial charge in [-0.1, -0.05) is 140 Å². The number of nitrogens with zero attached hydrogens (tertiary/aromatic N) is 1. The molecule has 1 atom stereocenters. The van der Waals surface area contributed by atoms with Crippen LogP contribution in [-0.2, 0) is 19.1 Å². The monoisotopic (exact) mass is 718 g/mol. The number of unbranched alkanes of at least 4 members (excludes halogenated alkanes) is 18. The predicted molar refractivity (Wildman–Crippen MR) is 220 cm³/mol. The van der Waals surface area contributed by atoms with E-state index in [9.17, 15) is 9.59 Å². The molecule has 0 aromatic carbocycles. The number of carbonyl (C=O) groups is 2. The average Bonchev–Trinajstić information content (AvgIpc) is 3.10. The molecule has 0 fully saturated rings. The Kier molecular flexibility index (Phi) is 38.6. The van der Waals surface area contributed by atoms with E-state index in [1.165, 1.54) is 114 Å². The maximum Gasteiger partial charge on any atom is 0.319 e. The topological polar surface area (TPSA) is 55.8 Å². The molecule has 0 aliphatic rings. The Bertz CT molecular complexity index is 866. The van der Waals surface area contributed by atoms with Crippen LogP contribution in [0.5, 0.6) is 0 Å². The van der Waals surface area contributed by atoms with Gasteiger partial charge >= 0.3 is 11.9 Å². The van der Waals surface area contributed by atoms with Crippen molar-refractivity contribution in [3.63, 3.8) is 0 Å². The zero-order valence-corrected chi connectivity index (χ0v) is 34.0. The Balaban J connectivity index is 3.96. The second-order valence-electron chi connectivity index (χ2n) is 13.9. The lowest BCUT2D eigenvalue weighted by Gasteiger charge is -2.17. The summed E-state index contributed by atoms with van der Waals surface area (Å²) in [5, 5.41) is -0.497. The lowest BCUT2D eigenvalue weighted by Crippen LogP contribution is -2.27. The van der Waals surface area contributed by atoms with Gasteiger partial charge in [0.15, 0.2) is 0 Å². The molecule has 0 radical (unpaired) electrons. The highest BCUT2D eigenvalue weighted by Crippen LogP contribution is 2.19. The highest BCUT2D eigenvalue weighted by molar-refractivity contribution is 8.00. The molecule has 0 saturated carbocycles. The normalized spacial score (nSPS) is 12.7. The summed E-state index contributed by atoms with van der Waals surface area (Å²) >= 11 is 1.51. The molecule has 1 unspecified atom stereocenters. The van der Waals surface area contributed by atoms with E-state index in [-0.39, 0.29) is 18.4 Å². The minimum absolute atomic E-state index is 0.0861. The largest absolute Gasteiger partial charge is 0.466 e. The van der Waals surface area contributed by atoms with Crippen LogP contribution >= 0.6 is 11.8 Å². The number of thioether (sulfide) groups is 1. The van der Waals surface area contributed by atoms with Crippen molar-refractivity contribution in [3.05, 3.63) is 48.6 Å². The van der Waals surface area contributed by atoms with Gasteiger partial charge in [0.2, 0.25) is 0 Å². The molecule has 0 amide bonds. The zero-order valence-electron chi connectivity index (χ0n) is 33.2. The Hall–Kier alpha value is -1.79. The third-order valence-electron chi connectivity index (χ3n) is 8.67. The summed E-state index contributed by atoms with van der Waals surface area (Å²) in [4.78, 5) is 27.5. The van der Waals surface area contributed by atoms with Crippen molar-refractivity contribution in [1.29, 1.82) is 0 Å². The fourth-order valence-electron chi connectivity index (χ4n) is 5.43. The molecule has 0 N–H and O–H groups in total. The van der Waals surface area contributed by atoms with Crippen LogP contribution in [-0.4, -0.2) is 61.7 Å². The first-order chi connectivity index (χ1) is 24.5. The van der Waals surface area contributed by atoms with E-state index in [0.717, 1.165) is 63.7 Å². The Morgan fingerprint density at radius 1 is 0.540 bits per heavy atom. The van der Waals surface area contributed by atoms with Crippen molar-refractivity contribution < 1.29 is 19.1 Å². The van der Waals surface area contributed by atoms with Gasteiger partial charge in [-0.3, -0.25) is 9.59 Å². The van der Waals surface area contributed by atoms with E-state index >= 15 is 0 Å². The van der Waals surface area contributed by atoms with Crippen LogP contribution < -0.4 is 0 Å². The molecule has 0 aliphatic heterocycles. The van der Waals surface area contributed by atoms with E-state index < -0.39 is 5.25 Å². The standard InChI is InChI=1S/C44H79NO4S/c1-5-7-9-11-13-15-17-19-21-23-25-27-29-31-33-35-38-48-43(46)41-42(50-40-37-45(3)4)44(47)49-39-36-34-32-30-28-26-24-22-20-18-16-14-12-10-8-6-2/h13-16,19-22,42H,5-12,17-18,23-41H2,1-4H3/b15-13-,16-14-,21-19-,22-20-. The number of ether oxygens (including phenoxy) is 2.